The zero-order chi connectivity index (χ0) is 19.2. The Bertz CT molecular complexity index is 976. The first kappa shape index (κ1) is 18.5. The number of ether oxygens (including phenoxy) is 1. The van der Waals surface area contributed by atoms with Crippen LogP contribution in [-0.2, 0) is 0 Å². The van der Waals surface area contributed by atoms with E-state index in [4.69, 9.17) is 16.3 Å². The summed E-state index contributed by atoms with van der Waals surface area (Å²) in [6.45, 7) is 0. The lowest BCUT2D eigenvalue weighted by molar-refractivity contribution is 0.0734. The molecule has 0 fully saturated rings. The van der Waals surface area contributed by atoms with Crippen molar-refractivity contribution in [3.8, 4) is 5.75 Å². The van der Waals surface area contributed by atoms with Crippen LogP contribution in [-0.4, -0.2) is 11.8 Å². The van der Waals surface area contributed by atoms with Crippen LogP contribution in [0, 0.1) is 5.82 Å². The number of allylic oxidation sites excluding steroid dienone is 1. The van der Waals surface area contributed by atoms with Crippen LogP contribution in [0.2, 0.25) is 5.02 Å². The van der Waals surface area contributed by atoms with Crippen LogP contribution >= 0.6 is 11.6 Å². The molecule has 0 N–H and O–H groups in total. The van der Waals surface area contributed by atoms with Gasteiger partial charge in [0.1, 0.15) is 11.6 Å². The number of carbonyl (C=O) groups excluding carboxylic acids is 2. The normalized spacial score (nSPS) is 10.7. The van der Waals surface area contributed by atoms with E-state index < -0.39 is 11.8 Å². The van der Waals surface area contributed by atoms with E-state index in [0.29, 0.717) is 16.9 Å². The average Bonchev–Trinajstić information content (AvgIpc) is 2.68. The van der Waals surface area contributed by atoms with Crippen molar-refractivity contribution in [1.29, 1.82) is 0 Å². The molecule has 0 saturated heterocycles. The standard InChI is InChI=1S/C22H14ClFO3/c23-19-7-4-8-20(24)18(19)13-14-21(25)15-9-11-17(12-10-15)27-22(26)16-5-2-1-3-6-16/h1-14H. The SMILES string of the molecule is O=C(C=Cc1c(F)cccc1Cl)c1ccc(OC(=O)c2ccccc2)cc1. The summed E-state index contributed by atoms with van der Waals surface area (Å²) in [5.41, 5.74) is 0.960. The molecule has 3 rings (SSSR count). The molecule has 134 valence electrons. The molecule has 3 nitrogen and oxygen atoms in total. The van der Waals surface area contributed by atoms with Crippen LogP contribution in [0.4, 0.5) is 4.39 Å². The van der Waals surface area contributed by atoms with Crippen molar-refractivity contribution in [3.63, 3.8) is 0 Å². The predicted molar refractivity (Wildman–Crippen MR) is 103 cm³/mol. The lowest BCUT2D eigenvalue weighted by Gasteiger charge is -2.05. The monoisotopic (exact) mass is 380 g/mol. The van der Waals surface area contributed by atoms with Crippen molar-refractivity contribution in [2.75, 3.05) is 0 Å². The van der Waals surface area contributed by atoms with E-state index in [9.17, 15) is 14.0 Å². The number of rotatable bonds is 5. The fourth-order valence-electron chi connectivity index (χ4n) is 2.35. The highest BCUT2D eigenvalue weighted by Gasteiger charge is 2.09. The van der Waals surface area contributed by atoms with Crippen LogP contribution in [0.3, 0.4) is 0 Å². The maximum atomic E-state index is 13.7. The van der Waals surface area contributed by atoms with Gasteiger partial charge < -0.3 is 4.74 Å². The highest BCUT2D eigenvalue weighted by Crippen LogP contribution is 2.21. The molecule has 0 atom stereocenters. The van der Waals surface area contributed by atoms with E-state index in [1.54, 1.807) is 36.4 Å². The van der Waals surface area contributed by atoms with Crippen LogP contribution in [0.1, 0.15) is 26.3 Å². The second-order valence-electron chi connectivity index (χ2n) is 5.61. The number of hydrogen-bond acceptors (Lipinski definition) is 3. The minimum Gasteiger partial charge on any atom is -0.423 e. The molecule has 0 aliphatic heterocycles. The molecule has 0 heterocycles. The minimum absolute atomic E-state index is 0.154. The van der Waals surface area contributed by atoms with Crippen molar-refractivity contribution in [2.24, 2.45) is 0 Å². The van der Waals surface area contributed by atoms with Crippen LogP contribution in [0.5, 0.6) is 5.75 Å². The molecular formula is C22H14ClFO3. The molecule has 0 unspecified atom stereocenters. The molecule has 0 aromatic heterocycles. The largest absolute Gasteiger partial charge is 0.423 e. The van der Waals surface area contributed by atoms with E-state index in [0.717, 1.165) is 0 Å². The lowest BCUT2D eigenvalue weighted by Crippen LogP contribution is -2.08. The quantitative estimate of drug-likeness (QED) is 0.250. The molecule has 3 aromatic rings. The number of ketones is 1. The highest BCUT2D eigenvalue weighted by atomic mass is 35.5. The van der Waals surface area contributed by atoms with Gasteiger partial charge in [0.05, 0.1) is 10.6 Å². The van der Waals surface area contributed by atoms with Crippen molar-refractivity contribution >= 4 is 29.4 Å². The topological polar surface area (TPSA) is 43.4 Å². The Morgan fingerprint density at radius 2 is 1.56 bits per heavy atom. The Morgan fingerprint density at radius 1 is 0.852 bits per heavy atom. The Labute approximate surface area is 160 Å². The maximum Gasteiger partial charge on any atom is 0.343 e. The summed E-state index contributed by atoms with van der Waals surface area (Å²) in [6, 6.07) is 19.0. The number of halogens is 2. The Hall–Kier alpha value is -3.24. The first-order chi connectivity index (χ1) is 13.0. The molecule has 0 saturated carbocycles. The summed E-state index contributed by atoms with van der Waals surface area (Å²) < 4.78 is 19.0. The minimum atomic E-state index is -0.505. The van der Waals surface area contributed by atoms with Crippen LogP contribution in [0.15, 0.2) is 78.9 Å². The molecule has 0 aliphatic carbocycles. The molecular weight excluding hydrogens is 367 g/mol. The summed E-state index contributed by atoms with van der Waals surface area (Å²) in [4.78, 5) is 24.2. The van der Waals surface area contributed by atoms with Crippen molar-refractivity contribution < 1.29 is 18.7 Å². The van der Waals surface area contributed by atoms with E-state index in [-0.39, 0.29) is 16.4 Å². The summed E-state index contributed by atoms with van der Waals surface area (Å²) in [5.74, 6) is -0.990. The van der Waals surface area contributed by atoms with E-state index >= 15 is 0 Å². The van der Waals surface area contributed by atoms with E-state index in [1.807, 2.05) is 0 Å². The molecule has 27 heavy (non-hydrogen) atoms. The van der Waals surface area contributed by atoms with Gasteiger partial charge in [0.15, 0.2) is 5.78 Å². The molecule has 0 radical (unpaired) electrons. The van der Waals surface area contributed by atoms with Gasteiger partial charge in [0.25, 0.3) is 0 Å². The zero-order valence-electron chi connectivity index (χ0n) is 14.1. The highest BCUT2D eigenvalue weighted by molar-refractivity contribution is 6.32. The van der Waals surface area contributed by atoms with Gasteiger partial charge in [-0.2, -0.15) is 0 Å². The first-order valence-electron chi connectivity index (χ1n) is 8.08. The van der Waals surface area contributed by atoms with Crippen LogP contribution < -0.4 is 4.74 Å². The van der Waals surface area contributed by atoms with Gasteiger partial charge in [-0.25, -0.2) is 9.18 Å². The Kier molecular flexibility index (Phi) is 5.79. The smallest absolute Gasteiger partial charge is 0.343 e. The van der Waals surface area contributed by atoms with Gasteiger partial charge >= 0.3 is 5.97 Å². The second kappa shape index (κ2) is 8.43. The third-order valence-corrected chi connectivity index (χ3v) is 4.09. The fourth-order valence-corrected chi connectivity index (χ4v) is 2.58. The second-order valence-corrected chi connectivity index (χ2v) is 6.02. The van der Waals surface area contributed by atoms with Crippen molar-refractivity contribution in [3.05, 3.63) is 106 Å². The predicted octanol–water partition coefficient (Wildman–Crippen LogP) is 5.59. The van der Waals surface area contributed by atoms with Gasteiger partial charge in [0.2, 0.25) is 0 Å². The van der Waals surface area contributed by atoms with Crippen molar-refractivity contribution in [1.82, 2.24) is 0 Å². The fraction of sp³-hybridized carbons (Fsp3) is 0. The molecule has 0 spiro atoms. The first-order valence-corrected chi connectivity index (χ1v) is 8.46. The Morgan fingerprint density at radius 3 is 2.22 bits per heavy atom. The summed E-state index contributed by atoms with van der Waals surface area (Å²) in [6.07, 6.45) is 2.58. The number of carbonyl (C=O) groups is 2. The number of hydrogen-bond donors (Lipinski definition) is 0. The van der Waals surface area contributed by atoms with Gasteiger partial charge in [-0.3, -0.25) is 4.79 Å². The molecule has 0 amide bonds. The molecule has 5 heteroatoms. The van der Waals surface area contributed by atoms with E-state index in [1.165, 1.54) is 48.6 Å². The summed E-state index contributed by atoms with van der Waals surface area (Å²) in [7, 11) is 0. The average molecular weight is 381 g/mol. The van der Waals surface area contributed by atoms with Gasteiger partial charge in [-0.1, -0.05) is 35.9 Å². The Balaban J connectivity index is 1.69. The van der Waals surface area contributed by atoms with E-state index in [2.05, 4.69) is 0 Å². The summed E-state index contributed by atoms with van der Waals surface area (Å²) >= 11 is 5.93. The molecule has 0 aliphatic rings. The molecule has 3 aromatic carbocycles. The van der Waals surface area contributed by atoms with Gasteiger partial charge in [-0.15, -0.1) is 0 Å². The van der Waals surface area contributed by atoms with Gasteiger partial charge in [0, 0.05) is 11.1 Å². The van der Waals surface area contributed by atoms with Crippen LogP contribution in [0.25, 0.3) is 6.08 Å². The third-order valence-electron chi connectivity index (χ3n) is 3.76. The summed E-state index contributed by atoms with van der Waals surface area (Å²) in [5, 5.41) is 0.224. The van der Waals surface area contributed by atoms with Gasteiger partial charge in [-0.05, 0) is 60.7 Å². The third kappa shape index (κ3) is 4.68. The number of esters is 1. The number of benzene rings is 3. The maximum absolute atomic E-state index is 13.7. The lowest BCUT2D eigenvalue weighted by atomic mass is 10.1. The van der Waals surface area contributed by atoms with Crippen molar-refractivity contribution in [2.45, 2.75) is 0 Å². The molecule has 0 bridgehead atoms. The zero-order valence-corrected chi connectivity index (χ0v) is 14.8.